The van der Waals surface area contributed by atoms with Crippen LogP contribution in [0.2, 0.25) is 0 Å². The third-order valence-corrected chi connectivity index (χ3v) is 3.44. The predicted octanol–water partition coefficient (Wildman–Crippen LogP) is 2.28. The fourth-order valence-corrected chi connectivity index (χ4v) is 2.49. The lowest BCUT2D eigenvalue weighted by Crippen LogP contribution is -1.93. The summed E-state index contributed by atoms with van der Waals surface area (Å²) in [4.78, 5) is 15.5. The minimum Gasteiger partial charge on any atom is -0.385 e. The van der Waals surface area contributed by atoms with Crippen LogP contribution in [0.25, 0.3) is 5.65 Å². The minimum absolute atomic E-state index is 0.628. The number of aromatic nitrogens is 2. The summed E-state index contributed by atoms with van der Waals surface area (Å²) in [6.45, 7) is 0.733. The van der Waals surface area contributed by atoms with Gasteiger partial charge in [0.25, 0.3) is 0 Å². The number of carbonyl (C=O) groups is 1. The number of rotatable bonds is 6. The average Bonchev–Trinajstić information content (AvgIpc) is 2.72. The van der Waals surface area contributed by atoms with Crippen molar-refractivity contribution in [2.75, 3.05) is 19.5 Å². The molecule has 0 saturated heterocycles. The average molecular weight is 250 g/mol. The number of imidazole rings is 1. The molecule has 0 aliphatic carbocycles. The van der Waals surface area contributed by atoms with Crippen molar-refractivity contribution in [2.45, 2.75) is 11.4 Å². The maximum atomic E-state index is 11.1. The Kier molecular flexibility index (Phi) is 4.17. The Hall–Kier alpha value is -1.33. The highest BCUT2D eigenvalue weighted by Gasteiger charge is 2.10. The molecule has 0 fully saturated rings. The monoisotopic (exact) mass is 250 g/mol. The molecule has 0 amide bonds. The summed E-state index contributed by atoms with van der Waals surface area (Å²) in [5.41, 5.74) is 1.44. The summed E-state index contributed by atoms with van der Waals surface area (Å²) in [5, 5.41) is 0.794. The van der Waals surface area contributed by atoms with Crippen LogP contribution >= 0.6 is 11.8 Å². The SMILES string of the molecule is COCCCSc1nc2ccccn2c1C=O. The van der Waals surface area contributed by atoms with Crippen molar-refractivity contribution in [3.63, 3.8) is 0 Å². The first-order valence-electron chi connectivity index (χ1n) is 5.41. The molecule has 0 radical (unpaired) electrons. The molecule has 0 spiro atoms. The van der Waals surface area contributed by atoms with Gasteiger partial charge in [-0.3, -0.25) is 9.20 Å². The second-order valence-corrected chi connectivity index (χ2v) is 4.63. The van der Waals surface area contributed by atoms with Gasteiger partial charge in [-0.2, -0.15) is 0 Å². The van der Waals surface area contributed by atoms with E-state index >= 15 is 0 Å². The largest absolute Gasteiger partial charge is 0.385 e. The van der Waals surface area contributed by atoms with E-state index in [0.717, 1.165) is 35.7 Å². The van der Waals surface area contributed by atoms with Crippen LogP contribution in [0.5, 0.6) is 0 Å². The minimum atomic E-state index is 0.628. The predicted molar refractivity (Wildman–Crippen MR) is 67.8 cm³/mol. The number of pyridine rings is 1. The molecule has 0 aromatic carbocycles. The fourth-order valence-electron chi connectivity index (χ4n) is 1.58. The second-order valence-electron chi connectivity index (χ2n) is 3.54. The summed E-state index contributed by atoms with van der Waals surface area (Å²) >= 11 is 1.59. The topological polar surface area (TPSA) is 43.6 Å². The van der Waals surface area contributed by atoms with Gasteiger partial charge >= 0.3 is 0 Å². The van der Waals surface area contributed by atoms with E-state index in [9.17, 15) is 4.79 Å². The Balaban J connectivity index is 2.18. The van der Waals surface area contributed by atoms with Gasteiger partial charge in [-0.1, -0.05) is 6.07 Å². The zero-order valence-electron chi connectivity index (χ0n) is 9.63. The first-order valence-corrected chi connectivity index (χ1v) is 6.39. The molecule has 0 aliphatic rings. The summed E-state index contributed by atoms with van der Waals surface area (Å²) in [6, 6.07) is 5.70. The molecular weight excluding hydrogens is 236 g/mol. The number of methoxy groups -OCH3 is 1. The molecule has 4 nitrogen and oxygen atoms in total. The lowest BCUT2D eigenvalue weighted by molar-refractivity contribution is 0.111. The highest BCUT2D eigenvalue weighted by molar-refractivity contribution is 7.99. The van der Waals surface area contributed by atoms with Gasteiger partial charge in [0.05, 0.1) is 0 Å². The number of ether oxygens (including phenoxy) is 1. The van der Waals surface area contributed by atoms with Crippen molar-refractivity contribution in [3.8, 4) is 0 Å². The molecule has 90 valence electrons. The maximum Gasteiger partial charge on any atom is 0.169 e. The molecule has 0 unspecified atom stereocenters. The van der Waals surface area contributed by atoms with Gasteiger partial charge in [-0.25, -0.2) is 4.98 Å². The molecule has 5 heteroatoms. The van der Waals surface area contributed by atoms with Crippen LogP contribution in [-0.4, -0.2) is 35.1 Å². The van der Waals surface area contributed by atoms with Crippen LogP contribution in [0, 0.1) is 0 Å². The molecule has 0 atom stereocenters. The third-order valence-electron chi connectivity index (χ3n) is 2.38. The molecule has 2 aromatic heterocycles. The van der Waals surface area contributed by atoms with Gasteiger partial charge in [0.1, 0.15) is 16.4 Å². The third kappa shape index (κ3) is 2.68. The van der Waals surface area contributed by atoms with E-state index in [1.807, 2.05) is 28.8 Å². The Bertz CT molecular complexity index is 510. The lowest BCUT2D eigenvalue weighted by Gasteiger charge is -1.98. The van der Waals surface area contributed by atoms with Crippen LogP contribution in [0.4, 0.5) is 0 Å². The molecule has 0 N–H and O–H groups in total. The van der Waals surface area contributed by atoms with Crippen molar-refractivity contribution >= 4 is 23.7 Å². The highest BCUT2D eigenvalue weighted by Crippen LogP contribution is 2.22. The number of hydrogen-bond donors (Lipinski definition) is 0. The van der Waals surface area contributed by atoms with E-state index in [2.05, 4.69) is 4.98 Å². The smallest absolute Gasteiger partial charge is 0.169 e. The van der Waals surface area contributed by atoms with Gasteiger partial charge in [0.2, 0.25) is 0 Å². The van der Waals surface area contributed by atoms with Crippen LogP contribution in [-0.2, 0) is 4.74 Å². The van der Waals surface area contributed by atoms with Crippen LogP contribution in [0.1, 0.15) is 16.9 Å². The number of nitrogens with zero attached hydrogens (tertiary/aromatic N) is 2. The van der Waals surface area contributed by atoms with Crippen molar-refractivity contribution in [2.24, 2.45) is 0 Å². The summed E-state index contributed by atoms with van der Waals surface area (Å²) in [6.07, 6.45) is 3.66. The lowest BCUT2D eigenvalue weighted by atomic mass is 10.4. The molecular formula is C12H14N2O2S. The number of carbonyl (C=O) groups excluding carboxylic acids is 1. The van der Waals surface area contributed by atoms with Crippen molar-refractivity contribution in [1.29, 1.82) is 0 Å². The van der Waals surface area contributed by atoms with Gasteiger partial charge in [-0.15, -0.1) is 11.8 Å². The zero-order valence-corrected chi connectivity index (χ0v) is 10.4. The Morgan fingerprint density at radius 1 is 1.53 bits per heavy atom. The Labute approximate surface area is 104 Å². The molecule has 2 heterocycles. The first-order chi connectivity index (χ1) is 8.36. The van der Waals surface area contributed by atoms with Crippen molar-refractivity contribution in [3.05, 3.63) is 30.1 Å². The molecule has 2 aromatic rings. The van der Waals surface area contributed by atoms with Gasteiger partial charge in [0.15, 0.2) is 6.29 Å². The van der Waals surface area contributed by atoms with E-state index in [4.69, 9.17) is 4.74 Å². The van der Waals surface area contributed by atoms with Gasteiger partial charge in [-0.05, 0) is 18.6 Å². The quantitative estimate of drug-likeness (QED) is 0.448. The molecule has 0 saturated carbocycles. The van der Waals surface area contributed by atoms with E-state index < -0.39 is 0 Å². The van der Waals surface area contributed by atoms with Crippen molar-refractivity contribution < 1.29 is 9.53 Å². The van der Waals surface area contributed by atoms with E-state index in [-0.39, 0.29) is 0 Å². The highest BCUT2D eigenvalue weighted by atomic mass is 32.2. The number of aldehydes is 1. The Morgan fingerprint density at radius 3 is 3.18 bits per heavy atom. The fraction of sp³-hybridized carbons (Fsp3) is 0.333. The van der Waals surface area contributed by atoms with Crippen molar-refractivity contribution in [1.82, 2.24) is 9.38 Å². The summed E-state index contributed by atoms with van der Waals surface area (Å²) in [5.74, 6) is 0.901. The van der Waals surface area contributed by atoms with Gasteiger partial charge < -0.3 is 4.74 Å². The van der Waals surface area contributed by atoms with E-state index in [1.54, 1.807) is 18.9 Å². The maximum absolute atomic E-state index is 11.1. The normalized spacial score (nSPS) is 10.9. The summed E-state index contributed by atoms with van der Waals surface area (Å²) in [7, 11) is 1.69. The molecule has 0 aliphatic heterocycles. The molecule has 0 bridgehead atoms. The number of fused-ring (bicyclic) bond motifs is 1. The van der Waals surface area contributed by atoms with Crippen LogP contribution in [0.3, 0.4) is 0 Å². The van der Waals surface area contributed by atoms with Crippen LogP contribution < -0.4 is 0 Å². The molecule has 2 rings (SSSR count). The first kappa shape index (κ1) is 12.1. The Morgan fingerprint density at radius 2 is 2.41 bits per heavy atom. The second kappa shape index (κ2) is 5.84. The number of hydrogen-bond acceptors (Lipinski definition) is 4. The van der Waals surface area contributed by atoms with Crippen LogP contribution in [0.15, 0.2) is 29.4 Å². The number of thioether (sulfide) groups is 1. The molecule has 17 heavy (non-hydrogen) atoms. The van der Waals surface area contributed by atoms with E-state index in [0.29, 0.717) is 5.69 Å². The standard InChI is InChI=1S/C12H14N2O2S/c1-16-7-4-8-17-12-10(9-15)14-6-3-2-5-11(14)13-12/h2-3,5-6,9H,4,7-8H2,1H3. The van der Waals surface area contributed by atoms with E-state index in [1.165, 1.54) is 0 Å². The van der Waals surface area contributed by atoms with Gasteiger partial charge in [0, 0.05) is 25.7 Å². The summed E-state index contributed by atoms with van der Waals surface area (Å²) < 4.78 is 6.80. The zero-order chi connectivity index (χ0) is 12.1.